The third-order valence-corrected chi connectivity index (χ3v) is 6.41. The van der Waals surface area contributed by atoms with Crippen molar-refractivity contribution in [3.8, 4) is 5.75 Å². The third kappa shape index (κ3) is 3.18. The highest BCUT2D eigenvalue weighted by Crippen LogP contribution is 2.38. The van der Waals surface area contributed by atoms with Crippen LogP contribution in [0.1, 0.15) is 32.6 Å². The highest BCUT2D eigenvalue weighted by Gasteiger charge is 2.55. The molecule has 5 amide bonds. The Bertz CT molecular complexity index is 903. The van der Waals surface area contributed by atoms with Gasteiger partial charge in [0.1, 0.15) is 17.8 Å². The minimum Gasteiger partial charge on any atom is -0.477 e. The lowest BCUT2D eigenvalue weighted by atomic mass is 9.73. The molecule has 0 unspecified atom stereocenters. The molecule has 1 saturated carbocycles. The summed E-state index contributed by atoms with van der Waals surface area (Å²) in [5.41, 5.74) is -0.404. The van der Waals surface area contributed by atoms with E-state index in [1.165, 1.54) is 11.9 Å². The van der Waals surface area contributed by atoms with Gasteiger partial charge in [0.15, 0.2) is 6.10 Å². The molecule has 3 aliphatic rings. The number of carbonyl (C=O) groups excluding carboxylic acids is 4. The Morgan fingerprint density at radius 3 is 2.77 bits per heavy atom. The summed E-state index contributed by atoms with van der Waals surface area (Å²) in [5, 5.41) is 5.39. The van der Waals surface area contributed by atoms with E-state index in [-0.39, 0.29) is 30.8 Å². The Labute approximate surface area is 174 Å². The largest absolute Gasteiger partial charge is 0.477 e. The zero-order valence-electron chi connectivity index (χ0n) is 17.1. The number of anilines is 1. The average molecular weight is 414 g/mol. The Kier molecular flexibility index (Phi) is 5.13. The number of para-hydroxylation sites is 2. The molecule has 9 nitrogen and oxygen atoms in total. The highest BCUT2D eigenvalue weighted by atomic mass is 16.5. The summed E-state index contributed by atoms with van der Waals surface area (Å²) in [7, 11) is 1.50. The Morgan fingerprint density at radius 2 is 2.03 bits per heavy atom. The monoisotopic (exact) mass is 414 g/mol. The molecule has 9 heteroatoms. The van der Waals surface area contributed by atoms with Gasteiger partial charge in [0.25, 0.3) is 11.8 Å². The van der Waals surface area contributed by atoms with Gasteiger partial charge in [0.05, 0.1) is 12.2 Å². The van der Waals surface area contributed by atoms with E-state index in [0.29, 0.717) is 17.9 Å². The SMILES string of the molecule is CNC(=O)[C@H]1CN(C(=O)CN2C(=O)N[C@]3(CCCC[C@@H]3C)C2=O)c2ccccc2O1. The summed E-state index contributed by atoms with van der Waals surface area (Å²) >= 11 is 0. The molecule has 1 spiro atoms. The molecule has 0 bridgehead atoms. The van der Waals surface area contributed by atoms with Crippen LogP contribution in [0.25, 0.3) is 0 Å². The normalized spacial score (nSPS) is 28.1. The summed E-state index contributed by atoms with van der Waals surface area (Å²) in [5.74, 6) is -0.710. The predicted octanol–water partition coefficient (Wildman–Crippen LogP) is 1.03. The number of likely N-dealkylation sites (N-methyl/N-ethyl adjacent to an activating group) is 1. The first-order valence-corrected chi connectivity index (χ1v) is 10.3. The molecule has 1 aromatic carbocycles. The van der Waals surface area contributed by atoms with Gasteiger partial charge in [-0.15, -0.1) is 0 Å². The van der Waals surface area contributed by atoms with Crippen LogP contribution in [0.5, 0.6) is 5.75 Å². The summed E-state index contributed by atoms with van der Waals surface area (Å²) in [6.45, 7) is 1.59. The number of fused-ring (bicyclic) bond motifs is 1. The first-order valence-electron chi connectivity index (χ1n) is 10.3. The number of nitrogens with zero attached hydrogens (tertiary/aromatic N) is 2. The molecule has 2 aliphatic heterocycles. The van der Waals surface area contributed by atoms with E-state index in [9.17, 15) is 19.2 Å². The number of amides is 5. The first kappa shape index (κ1) is 20.2. The molecule has 3 atom stereocenters. The van der Waals surface area contributed by atoms with Crippen LogP contribution >= 0.6 is 0 Å². The number of hydrogen-bond acceptors (Lipinski definition) is 5. The van der Waals surface area contributed by atoms with E-state index in [1.54, 1.807) is 24.3 Å². The van der Waals surface area contributed by atoms with Crippen LogP contribution in [0.4, 0.5) is 10.5 Å². The quantitative estimate of drug-likeness (QED) is 0.718. The fraction of sp³-hybridized carbons (Fsp3) is 0.524. The van der Waals surface area contributed by atoms with Crippen molar-refractivity contribution in [1.29, 1.82) is 0 Å². The minimum absolute atomic E-state index is 0.000709. The van der Waals surface area contributed by atoms with E-state index >= 15 is 0 Å². The van der Waals surface area contributed by atoms with Gasteiger partial charge in [-0.05, 0) is 30.9 Å². The number of carbonyl (C=O) groups is 4. The summed E-state index contributed by atoms with van der Waals surface area (Å²) < 4.78 is 5.72. The van der Waals surface area contributed by atoms with Gasteiger partial charge in [-0.2, -0.15) is 0 Å². The zero-order chi connectivity index (χ0) is 21.5. The van der Waals surface area contributed by atoms with E-state index in [1.807, 2.05) is 6.92 Å². The van der Waals surface area contributed by atoms with Crippen LogP contribution < -0.4 is 20.3 Å². The van der Waals surface area contributed by atoms with Crippen LogP contribution in [0.3, 0.4) is 0 Å². The van der Waals surface area contributed by atoms with Crippen LogP contribution in [0.15, 0.2) is 24.3 Å². The van der Waals surface area contributed by atoms with Crippen molar-refractivity contribution in [1.82, 2.24) is 15.5 Å². The summed E-state index contributed by atoms with van der Waals surface area (Å²) in [6.07, 6.45) is 2.46. The van der Waals surface area contributed by atoms with E-state index in [0.717, 1.165) is 24.2 Å². The van der Waals surface area contributed by atoms with Crippen molar-refractivity contribution >= 4 is 29.4 Å². The predicted molar refractivity (Wildman–Crippen MR) is 108 cm³/mol. The lowest BCUT2D eigenvalue weighted by Gasteiger charge is -2.37. The Balaban J connectivity index is 1.56. The van der Waals surface area contributed by atoms with Crippen LogP contribution in [-0.4, -0.2) is 60.4 Å². The highest BCUT2D eigenvalue weighted by molar-refractivity contribution is 6.11. The van der Waals surface area contributed by atoms with Crippen molar-refractivity contribution in [2.45, 2.75) is 44.2 Å². The Hall–Kier alpha value is -3.10. The van der Waals surface area contributed by atoms with Gasteiger partial charge in [-0.25, -0.2) is 4.79 Å². The van der Waals surface area contributed by atoms with E-state index in [2.05, 4.69) is 10.6 Å². The summed E-state index contributed by atoms with van der Waals surface area (Å²) in [4.78, 5) is 53.5. The topological polar surface area (TPSA) is 108 Å². The van der Waals surface area contributed by atoms with Crippen molar-refractivity contribution in [2.24, 2.45) is 5.92 Å². The number of benzene rings is 1. The maximum atomic E-state index is 13.2. The molecule has 0 radical (unpaired) electrons. The number of ether oxygens (including phenoxy) is 1. The molecule has 0 aromatic heterocycles. The molecule has 2 N–H and O–H groups in total. The van der Waals surface area contributed by atoms with Gasteiger partial charge >= 0.3 is 6.03 Å². The number of nitrogens with one attached hydrogen (secondary N) is 2. The zero-order valence-corrected chi connectivity index (χ0v) is 17.1. The maximum Gasteiger partial charge on any atom is 0.325 e. The van der Waals surface area contributed by atoms with Gasteiger partial charge in [0.2, 0.25) is 5.91 Å². The molecule has 4 rings (SSSR count). The number of imide groups is 1. The van der Waals surface area contributed by atoms with Gasteiger partial charge in [-0.1, -0.05) is 31.9 Å². The second-order valence-corrected chi connectivity index (χ2v) is 8.13. The van der Waals surface area contributed by atoms with E-state index in [4.69, 9.17) is 4.74 Å². The van der Waals surface area contributed by atoms with Crippen molar-refractivity contribution in [3.63, 3.8) is 0 Å². The molecular weight excluding hydrogens is 388 g/mol. The smallest absolute Gasteiger partial charge is 0.325 e. The van der Waals surface area contributed by atoms with Gasteiger partial charge in [0, 0.05) is 7.05 Å². The fourth-order valence-corrected chi connectivity index (χ4v) is 4.63. The average Bonchev–Trinajstić information content (AvgIpc) is 2.99. The lowest BCUT2D eigenvalue weighted by molar-refractivity contribution is -0.137. The summed E-state index contributed by atoms with van der Waals surface area (Å²) in [6, 6.07) is 6.36. The molecule has 1 aliphatic carbocycles. The third-order valence-electron chi connectivity index (χ3n) is 6.41. The van der Waals surface area contributed by atoms with Crippen LogP contribution in [0.2, 0.25) is 0 Å². The number of hydrogen-bond donors (Lipinski definition) is 2. The molecule has 1 aromatic rings. The van der Waals surface area contributed by atoms with Crippen LogP contribution in [-0.2, 0) is 14.4 Å². The molecular formula is C21H26N4O5. The van der Waals surface area contributed by atoms with Crippen molar-refractivity contribution in [2.75, 3.05) is 25.0 Å². The molecule has 1 saturated heterocycles. The second-order valence-electron chi connectivity index (χ2n) is 8.13. The van der Waals surface area contributed by atoms with Crippen LogP contribution in [0, 0.1) is 5.92 Å². The molecule has 2 heterocycles. The second kappa shape index (κ2) is 7.62. The first-order chi connectivity index (χ1) is 14.4. The fourth-order valence-electron chi connectivity index (χ4n) is 4.63. The minimum atomic E-state index is -0.914. The lowest BCUT2D eigenvalue weighted by Crippen LogP contribution is -2.55. The van der Waals surface area contributed by atoms with Crippen molar-refractivity contribution < 1.29 is 23.9 Å². The number of rotatable bonds is 3. The molecule has 160 valence electrons. The van der Waals surface area contributed by atoms with Gasteiger partial charge < -0.3 is 20.3 Å². The Morgan fingerprint density at radius 1 is 1.27 bits per heavy atom. The standard InChI is InChI=1S/C21H26N4O5/c1-13-7-5-6-10-21(13)19(28)25(20(29)23-21)12-17(26)24-11-16(18(27)22-2)30-15-9-4-3-8-14(15)24/h3-4,8-9,13,16H,5-7,10-12H2,1-2H3,(H,22,27)(H,23,29)/t13-,16+,21-/m0/s1. The molecule has 30 heavy (non-hydrogen) atoms. The van der Waals surface area contributed by atoms with Crippen molar-refractivity contribution in [3.05, 3.63) is 24.3 Å². The molecule has 2 fully saturated rings. The maximum absolute atomic E-state index is 13.2. The van der Waals surface area contributed by atoms with Gasteiger partial charge in [-0.3, -0.25) is 19.3 Å². The van der Waals surface area contributed by atoms with E-state index < -0.39 is 23.6 Å². The number of urea groups is 1.